The SMILES string of the molecule is Cc1ccc(NC(=O)Cn2nc(N3CCC[C@H](C)C3)c3ccccc3c2=O)c(Cl)c1. The number of amides is 1. The Morgan fingerprint density at radius 3 is 2.73 bits per heavy atom. The minimum Gasteiger partial charge on any atom is -0.354 e. The van der Waals surface area contributed by atoms with E-state index in [4.69, 9.17) is 11.6 Å². The Hall–Kier alpha value is -2.86. The van der Waals surface area contributed by atoms with Crippen LogP contribution in [0.15, 0.2) is 47.3 Å². The topological polar surface area (TPSA) is 67.2 Å². The number of anilines is 2. The molecule has 156 valence electrons. The number of fused-ring (bicyclic) bond motifs is 1. The first-order valence-corrected chi connectivity index (χ1v) is 10.6. The lowest BCUT2D eigenvalue weighted by molar-refractivity contribution is -0.117. The molecular weight excluding hydrogens is 400 g/mol. The number of aromatic nitrogens is 2. The van der Waals surface area contributed by atoms with Crippen LogP contribution in [0.5, 0.6) is 0 Å². The molecule has 0 unspecified atom stereocenters. The summed E-state index contributed by atoms with van der Waals surface area (Å²) in [5.41, 5.74) is 1.25. The average molecular weight is 425 g/mol. The van der Waals surface area contributed by atoms with Gasteiger partial charge in [-0.15, -0.1) is 0 Å². The third-order valence-corrected chi connectivity index (χ3v) is 5.81. The molecule has 0 aliphatic carbocycles. The largest absolute Gasteiger partial charge is 0.354 e. The van der Waals surface area contributed by atoms with Gasteiger partial charge < -0.3 is 10.2 Å². The van der Waals surface area contributed by atoms with Crippen molar-refractivity contribution in [1.82, 2.24) is 9.78 Å². The van der Waals surface area contributed by atoms with E-state index in [2.05, 4.69) is 22.2 Å². The van der Waals surface area contributed by atoms with Gasteiger partial charge >= 0.3 is 0 Å². The maximum absolute atomic E-state index is 13.0. The van der Waals surface area contributed by atoms with E-state index in [1.54, 1.807) is 18.2 Å². The van der Waals surface area contributed by atoms with Crippen molar-refractivity contribution in [2.45, 2.75) is 33.2 Å². The van der Waals surface area contributed by atoms with Crippen molar-refractivity contribution in [2.75, 3.05) is 23.3 Å². The van der Waals surface area contributed by atoms with Gasteiger partial charge in [0, 0.05) is 18.5 Å². The zero-order valence-corrected chi connectivity index (χ0v) is 17.9. The van der Waals surface area contributed by atoms with Crippen LogP contribution in [-0.2, 0) is 11.3 Å². The normalized spacial score (nSPS) is 16.6. The number of nitrogens with zero attached hydrogens (tertiary/aromatic N) is 3. The molecule has 4 rings (SSSR count). The molecule has 7 heteroatoms. The van der Waals surface area contributed by atoms with Gasteiger partial charge in [-0.3, -0.25) is 9.59 Å². The van der Waals surface area contributed by atoms with Gasteiger partial charge in [0.25, 0.3) is 5.56 Å². The number of halogens is 1. The molecule has 0 saturated carbocycles. The number of hydrogen-bond acceptors (Lipinski definition) is 4. The fourth-order valence-corrected chi connectivity index (χ4v) is 4.27. The number of rotatable bonds is 4. The van der Waals surface area contributed by atoms with Crippen LogP contribution in [0.3, 0.4) is 0 Å². The first-order chi connectivity index (χ1) is 14.4. The van der Waals surface area contributed by atoms with Crippen LogP contribution < -0.4 is 15.8 Å². The molecule has 1 N–H and O–H groups in total. The number of hydrogen-bond donors (Lipinski definition) is 1. The lowest BCUT2D eigenvalue weighted by Gasteiger charge is -2.32. The van der Waals surface area contributed by atoms with Gasteiger partial charge in [0.15, 0.2) is 5.82 Å². The van der Waals surface area contributed by atoms with Gasteiger partial charge in [0.1, 0.15) is 6.54 Å². The van der Waals surface area contributed by atoms with Gasteiger partial charge in [0.05, 0.1) is 16.1 Å². The molecule has 0 radical (unpaired) electrons. The quantitative estimate of drug-likeness (QED) is 0.680. The summed E-state index contributed by atoms with van der Waals surface area (Å²) in [6, 6.07) is 12.9. The van der Waals surface area contributed by atoms with Gasteiger partial charge in [-0.2, -0.15) is 5.10 Å². The van der Waals surface area contributed by atoms with Crippen LogP contribution in [0.2, 0.25) is 5.02 Å². The van der Waals surface area contributed by atoms with E-state index in [0.29, 0.717) is 22.0 Å². The van der Waals surface area contributed by atoms with Crippen LogP contribution in [0, 0.1) is 12.8 Å². The highest BCUT2D eigenvalue weighted by Crippen LogP contribution is 2.27. The van der Waals surface area contributed by atoms with E-state index in [9.17, 15) is 9.59 Å². The molecule has 1 fully saturated rings. The van der Waals surface area contributed by atoms with Crippen LogP contribution in [-0.4, -0.2) is 28.8 Å². The third kappa shape index (κ3) is 4.19. The first-order valence-electron chi connectivity index (χ1n) is 10.2. The molecule has 0 spiro atoms. The molecule has 1 aliphatic rings. The summed E-state index contributed by atoms with van der Waals surface area (Å²) in [6.07, 6.45) is 2.27. The summed E-state index contributed by atoms with van der Waals surface area (Å²) in [5.74, 6) is 0.980. The lowest BCUT2D eigenvalue weighted by Crippen LogP contribution is -2.38. The molecular formula is C23H25ClN4O2. The van der Waals surface area contributed by atoms with Crippen LogP contribution in [0.4, 0.5) is 11.5 Å². The van der Waals surface area contributed by atoms with Crippen molar-refractivity contribution >= 4 is 39.8 Å². The summed E-state index contributed by atoms with van der Waals surface area (Å²) in [6.45, 7) is 5.76. The summed E-state index contributed by atoms with van der Waals surface area (Å²) < 4.78 is 1.26. The van der Waals surface area contributed by atoms with E-state index in [1.165, 1.54) is 11.1 Å². The number of benzene rings is 2. The molecule has 3 aromatic rings. The van der Waals surface area contributed by atoms with Crippen LogP contribution >= 0.6 is 11.6 Å². The van der Waals surface area contributed by atoms with Crippen molar-refractivity contribution in [3.63, 3.8) is 0 Å². The Morgan fingerprint density at radius 1 is 1.23 bits per heavy atom. The molecule has 2 heterocycles. The number of carbonyl (C=O) groups excluding carboxylic acids is 1. The average Bonchev–Trinajstić information content (AvgIpc) is 2.72. The van der Waals surface area contributed by atoms with Gasteiger partial charge in [0.2, 0.25) is 5.91 Å². The Bertz CT molecular complexity index is 1160. The molecule has 1 saturated heterocycles. The second-order valence-corrected chi connectivity index (χ2v) is 8.46. The second-order valence-electron chi connectivity index (χ2n) is 8.06. The Morgan fingerprint density at radius 2 is 2.00 bits per heavy atom. The van der Waals surface area contributed by atoms with E-state index < -0.39 is 0 Å². The van der Waals surface area contributed by atoms with E-state index >= 15 is 0 Å². The predicted molar refractivity (Wildman–Crippen MR) is 121 cm³/mol. The molecule has 2 aromatic carbocycles. The number of nitrogens with one attached hydrogen (secondary N) is 1. The molecule has 0 bridgehead atoms. The maximum Gasteiger partial charge on any atom is 0.275 e. The van der Waals surface area contributed by atoms with Crippen LogP contribution in [0.25, 0.3) is 10.8 Å². The highest BCUT2D eigenvalue weighted by molar-refractivity contribution is 6.33. The summed E-state index contributed by atoms with van der Waals surface area (Å²) in [7, 11) is 0. The van der Waals surface area contributed by atoms with Crippen molar-refractivity contribution in [2.24, 2.45) is 5.92 Å². The second kappa shape index (κ2) is 8.48. The van der Waals surface area contributed by atoms with Crippen molar-refractivity contribution in [1.29, 1.82) is 0 Å². The molecule has 1 aromatic heterocycles. The fourth-order valence-electron chi connectivity index (χ4n) is 3.99. The van der Waals surface area contributed by atoms with E-state index in [1.807, 2.05) is 31.2 Å². The van der Waals surface area contributed by atoms with Gasteiger partial charge in [-0.1, -0.05) is 42.8 Å². The monoisotopic (exact) mass is 424 g/mol. The van der Waals surface area contributed by atoms with Crippen molar-refractivity contribution < 1.29 is 4.79 Å². The first kappa shape index (κ1) is 20.4. The van der Waals surface area contributed by atoms with Crippen molar-refractivity contribution in [3.05, 3.63) is 63.4 Å². The summed E-state index contributed by atoms with van der Waals surface area (Å²) >= 11 is 6.22. The molecule has 1 amide bonds. The minimum absolute atomic E-state index is 0.176. The Labute approximate surface area is 180 Å². The van der Waals surface area contributed by atoms with Gasteiger partial charge in [-0.25, -0.2) is 4.68 Å². The summed E-state index contributed by atoms with van der Waals surface area (Å²) in [5, 5.41) is 9.26. The minimum atomic E-state index is -0.344. The van der Waals surface area contributed by atoms with E-state index in [-0.39, 0.29) is 18.0 Å². The fraction of sp³-hybridized carbons (Fsp3) is 0.348. The predicted octanol–water partition coefficient (Wildman–Crippen LogP) is 4.23. The van der Waals surface area contributed by atoms with Crippen molar-refractivity contribution in [3.8, 4) is 0 Å². The highest BCUT2D eigenvalue weighted by Gasteiger charge is 2.22. The zero-order chi connectivity index (χ0) is 21.3. The zero-order valence-electron chi connectivity index (χ0n) is 17.2. The van der Waals surface area contributed by atoms with Crippen LogP contribution in [0.1, 0.15) is 25.3 Å². The Kier molecular flexibility index (Phi) is 5.77. The summed E-state index contributed by atoms with van der Waals surface area (Å²) in [4.78, 5) is 27.9. The smallest absolute Gasteiger partial charge is 0.275 e. The highest BCUT2D eigenvalue weighted by atomic mass is 35.5. The number of aryl methyl sites for hydroxylation is 1. The molecule has 1 atom stereocenters. The molecule has 30 heavy (non-hydrogen) atoms. The maximum atomic E-state index is 13.0. The molecule has 1 aliphatic heterocycles. The number of piperidine rings is 1. The third-order valence-electron chi connectivity index (χ3n) is 5.50. The lowest BCUT2D eigenvalue weighted by atomic mass is 10.00. The standard InChI is InChI=1S/C23H25ClN4O2/c1-15-9-10-20(19(24)12-15)25-21(29)14-28-23(30)18-8-4-3-7-17(18)22(26-28)27-11-5-6-16(2)13-27/h3-4,7-10,12,16H,5-6,11,13-14H2,1-2H3,(H,25,29)/t16-/m0/s1. The Balaban J connectivity index is 1.67. The van der Waals surface area contributed by atoms with E-state index in [0.717, 1.165) is 36.3 Å². The van der Waals surface area contributed by atoms with Gasteiger partial charge in [-0.05, 0) is 49.4 Å². The number of carbonyl (C=O) groups is 1. The molecule has 6 nitrogen and oxygen atoms in total.